The van der Waals surface area contributed by atoms with Crippen molar-refractivity contribution in [3.63, 3.8) is 0 Å². The van der Waals surface area contributed by atoms with E-state index in [1.807, 2.05) is 19.1 Å². The summed E-state index contributed by atoms with van der Waals surface area (Å²) < 4.78 is 18.6. The van der Waals surface area contributed by atoms with Gasteiger partial charge in [-0.2, -0.15) is 5.26 Å². The molecule has 3 nitrogen and oxygen atoms in total. The molecular weight excluding hydrogens is 243 g/mol. The quantitative estimate of drug-likeness (QED) is 0.858. The molecule has 2 rings (SSSR count). The van der Waals surface area contributed by atoms with Crippen LogP contribution in [0.5, 0.6) is 5.75 Å². The Kier molecular flexibility index (Phi) is 3.67. The van der Waals surface area contributed by atoms with Crippen LogP contribution in [0, 0.1) is 24.1 Å². The molecule has 0 fully saturated rings. The molecule has 0 spiro atoms. The van der Waals surface area contributed by atoms with Crippen molar-refractivity contribution in [2.75, 3.05) is 5.73 Å². The van der Waals surface area contributed by atoms with Gasteiger partial charge in [0.2, 0.25) is 0 Å². The van der Waals surface area contributed by atoms with Gasteiger partial charge in [-0.15, -0.1) is 0 Å². The van der Waals surface area contributed by atoms with Crippen molar-refractivity contribution in [3.05, 3.63) is 58.9 Å². The summed E-state index contributed by atoms with van der Waals surface area (Å²) in [5, 5.41) is 8.94. The summed E-state index contributed by atoms with van der Waals surface area (Å²) in [6.07, 6.45) is 0. The lowest BCUT2D eigenvalue weighted by Crippen LogP contribution is -2.00. The lowest BCUT2D eigenvalue weighted by atomic mass is 10.1. The molecule has 0 radical (unpaired) electrons. The number of anilines is 1. The van der Waals surface area contributed by atoms with Crippen molar-refractivity contribution in [3.8, 4) is 11.8 Å². The molecule has 4 heteroatoms. The lowest BCUT2D eigenvalue weighted by molar-refractivity contribution is 0.303. The first-order valence-electron chi connectivity index (χ1n) is 5.77. The number of nitrogens with zero attached hydrogens (tertiary/aromatic N) is 1. The molecule has 2 N–H and O–H groups in total. The Balaban J connectivity index is 2.17. The Morgan fingerprint density at radius 2 is 2.05 bits per heavy atom. The van der Waals surface area contributed by atoms with Crippen LogP contribution in [-0.2, 0) is 6.61 Å². The second-order valence-corrected chi connectivity index (χ2v) is 4.23. The van der Waals surface area contributed by atoms with E-state index in [1.54, 1.807) is 18.2 Å². The van der Waals surface area contributed by atoms with E-state index in [0.717, 1.165) is 5.56 Å². The fourth-order valence-electron chi connectivity index (χ4n) is 1.77. The maximum absolute atomic E-state index is 13.0. The van der Waals surface area contributed by atoms with Gasteiger partial charge in [0.15, 0.2) is 0 Å². The van der Waals surface area contributed by atoms with Crippen LogP contribution < -0.4 is 10.5 Å². The van der Waals surface area contributed by atoms with Crippen molar-refractivity contribution in [2.24, 2.45) is 0 Å². The van der Waals surface area contributed by atoms with Crippen molar-refractivity contribution in [1.82, 2.24) is 0 Å². The van der Waals surface area contributed by atoms with Crippen molar-refractivity contribution < 1.29 is 9.13 Å². The van der Waals surface area contributed by atoms with Crippen LogP contribution in [0.25, 0.3) is 0 Å². The molecule has 96 valence electrons. The molecule has 0 unspecified atom stereocenters. The van der Waals surface area contributed by atoms with E-state index in [0.29, 0.717) is 17.0 Å². The van der Waals surface area contributed by atoms with E-state index < -0.39 is 5.82 Å². The average Bonchev–Trinajstić information content (AvgIpc) is 2.39. The summed E-state index contributed by atoms with van der Waals surface area (Å²) >= 11 is 0. The van der Waals surface area contributed by atoms with E-state index in [-0.39, 0.29) is 12.2 Å². The fourth-order valence-corrected chi connectivity index (χ4v) is 1.77. The minimum Gasteiger partial charge on any atom is -0.489 e. The molecule has 2 aromatic rings. The molecule has 0 saturated carbocycles. The van der Waals surface area contributed by atoms with Crippen LogP contribution in [0.1, 0.15) is 16.7 Å². The highest BCUT2D eigenvalue weighted by molar-refractivity contribution is 5.47. The average molecular weight is 256 g/mol. The van der Waals surface area contributed by atoms with Crippen LogP contribution in [-0.4, -0.2) is 0 Å². The molecule has 0 aliphatic rings. The highest BCUT2D eigenvalue weighted by Crippen LogP contribution is 2.22. The summed E-state index contributed by atoms with van der Waals surface area (Å²) in [6, 6.07) is 11.4. The van der Waals surface area contributed by atoms with Gasteiger partial charge in [-0.05, 0) is 42.8 Å². The zero-order chi connectivity index (χ0) is 13.8. The number of rotatable bonds is 3. The van der Waals surface area contributed by atoms with Crippen LogP contribution in [0.3, 0.4) is 0 Å². The van der Waals surface area contributed by atoms with Crippen LogP contribution in [0.2, 0.25) is 0 Å². The van der Waals surface area contributed by atoms with Gasteiger partial charge in [0.05, 0.1) is 11.6 Å². The summed E-state index contributed by atoms with van der Waals surface area (Å²) in [6.45, 7) is 2.11. The summed E-state index contributed by atoms with van der Waals surface area (Å²) in [5.74, 6) is 0.270. The molecule has 19 heavy (non-hydrogen) atoms. The Hall–Kier alpha value is -2.54. The number of nitrogens with two attached hydrogens (primary N) is 1. The molecular formula is C15H13FN2O. The molecule has 0 aliphatic carbocycles. The first-order chi connectivity index (χ1) is 9.10. The number of aryl methyl sites for hydroxylation is 1. The second-order valence-electron chi connectivity index (χ2n) is 4.23. The van der Waals surface area contributed by atoms with Crippen LogP contribution in [0.4, 0.5) is 10.1 Å². The van der Waals surface area contributed by atoms with Gasteiger partial charge >= 0.3 is 0 Å². The maximum atomic E-state index is 13.0. The van der Waals surface area contributed by atoms with Gasteiger partial charge in [0.25, 0.3) is 0 Å². The van der Waals surface area contributed by atoms with E-state index in [2.05, 4.69) is 0 Å². The predicted molar refractivity (Wildman–Crippen MR) is 71.0 cm³/mol. The van der Waals surface area contributed by atoms with Crippen molar-refractivity contribution in [1.29, 1.82) is 5.26 Å². The normalized spacial score (nSPS) is 9.95. The molecule has 0 bridgehead atoms. The van der Waals surface area contributed by atoms with E-state index in [1.165, 1.54) is 12.1 Å². The van der Waals surface area contributed by atoms with Crippen LogP contribution >= 0.6 is 0 Å². The SMILES string of the molecule is Cc1cc(N)ccc1OCc1ccc(F)cc1C#N. The Labute approximate surface area is 111 Å². The van der Waals surface area contributed by atoms with Gasteiger partial charge in [0, 0.05) is 11.3 Å². The number of halogens is 1. The van der Waals surface area contributed by atoms with E-state index in [4.69, 9.17) is 15.7 Å². The fraction of sp³-hybridized carbons (Fsp3) is 0.133. The topological polar surface area (TPSA) is 59.0 Å². The maximum Gasteiger partial charge on any atom is 0.124 e. The molecule has 0 atom stereocenters. The van der Waals surface area contributed by atoms with Gasteiger partial charge < -0.3 is 10.5 Å². The van der Waals surface area contributed by atoms with E-state index >= 15 is 0 Å². The summed E-state index contributed by atoms with van der Waals surface area (Å²) in [5.41, 5.74) is 8.18. The lowest BCUT2D eigenvalue weighted by Gasteiger charge is -2.10. The third-order valence-electron chi connectivity index (χ3n) is 2.77. The molecule has 0 amide bonds. The summed E-state index contributed by atoms with van der Waals surface area (Å²) in [4.78, 5) is 0. The van der Waals surface area contributed by atoms with Gasteiger partial charge in [-0.3, -0.25) is 0 Å². The standard InChI is InChI=1S/C15H13FN2O/c1-10-6-14(18)4-5-15(10)19-9-11-2-3-13(16)7-12(11)8-17/h2-7H,9,18H2,1H3. The zero-order valence-corrected chi connectivity index (χ0v) is 10.5. The van der Waals surface area contributed by atoms with Crippen molar-refractivity contribution in [2.45, 2.75) is 13.5 Å². The first kappa shape index (κ1) is 12.9. The third-order valence-corrected chi connectivity index (χ3v) is 2.77. The summed E-state index contributed by atoms with van der Waals surface area (Å²) in [7, 11) is 0. The highest BCUT2D eigenvalue weighted by Gasteiger charge is 2.06. The third kappa shape index (κ3) is 3.02. The smallest absolute Gasteiger partial charge is 0.124 e. The molecule has 0 aromatic heterocycles. The largest absolute Gasteiger partial charge is 0.489 e. The minimum atomic E-state index is -0.427. The van der Waals surface area contributed by atoms with E-state index in [9.17, 15) is 4.39 Å². The predicted octanol–water partition coefficient (Wildman–Crippen LogP) is 3.17. The number of ether oxygens (including phenoxy) is 1. The first-order valence-corrected chi connectivity index (χ1v) is 5.77. The second kappa shape index (κ2) is 5.40. The number of hydrogen-bond donors (Lipinski definition) is 1. The number of nitrogen functional groups attached to an aromatic ring is 1. The number of hydrogen-bond acceptors (Lipinski definition) is 3. The van der Waals surface area contributed by atoms with Gasteiger partial charge in [-0.25, -0.2) is 4.39 Å². The molecule has 0 aliphatic heterocycles. The van der Waals surface area contributed by atoms with Gasteiger partial charge in [0.1, 0.15) is 18.2 Å². The molecule has 2 aromatic carbocycles. The Morgan fingerprint density at radius 1 is 1.26 bits per heavy atom. The zero-order valence-electron chi connectivity index (χ0n) is 10.5. The van der Waals surface area contributed by atoms with Crippen molar-refractivity contribution >= 4 is 5.69 Å². The molecule has 0 saturated heterocycles. The molecule has 0 heterocycles. The number of nitriles is 1. The minimum absolute atomic E-state index is 0.216. The highest BCUT2D eigenvalue weighted by atomic mass is 19.1. The van der Waals surface area contributed by atoms with Crippen LogP contribution in [0.15, 0.2) is 36.4 Å². The number of benzene rings is 2. The Bertz CT molecular complexity index is 647. The Morgan fingerprint density at radius 3 is 2.74 bits per heavy atom. The van der Waals surface area contributed by atoms with Gasteiger partial charge in [-0.1, -0.05) is 6.07 Å². The monoisotopic (exact) mass is 256 g/mol.